The van der Waals surface area contributed by atoms with Crippen molar-refractivity contribution in [3.8, 4) is 0 Å². The molecule has 20 heavy (non-hydrogen) atoms. The van der Waals surface area contributed by atoms with E-state index in [9.17, 15) is 4.79 Å². The number of carbonyl (C=O) groups excluding carboxylic acids is 1. The summed E-state index contributed by atoms with van der Waals surface area (Å²) in [5.41, 5.74) is 8.63. The molecule has 2 rings (SSSR count). The van der Waals surface area contributed by atoms with Crippen molar-refractivity contribution < 1.29 is 4.79 Å². The lowest BCUT2D eigenvalue weighted by molar-refractivity contribution is 0.102. The van der Waals surface area contributed by atoms with E-state index in [0.717, 1.165) is 17.7 Å². The molecule has 1 aromatic carbocycles. The maximum atomic E-state index is 12.3. The molecule has 0 saturated carbocycles. The first-order valence-electron chi connectivity index (χ1n) is 6.33. The number of nitrogen functional groups attached to an aromatic ring is 1. The Labute approximate surface area is 123 Å². The SMILES string of the molecule is CCc1cc(C(=O)Nc2cc(Cl)ccc2C)cc(N)n1. The van der Waals surface area contributed by atoms with Crippen molar-refractivity contribution in [2.45, 2.75) is 20.3 Å². The van der Waals surface area contributed by atoms with E-state index >= 15 is 0 Å². The third kappa shape index (κ3) is 3.27. The van der Waals surface area contributed by atoms with Crippen LogP contribution < -0.4 is 11.1 Å². The zero-order chi connectivity index (χ0) is 14.7. The molecule has 0 aliphatic heterocycles. The van der Waals surface area contributed by atoms with Gasteiger partial charge in [-0.3, -0.25) is 4.79 Å². The van der Waals surface area contributed by atoms with Crippen molar-refractivity contribution >= 4 is 29.0 Å². The lowest BCUT2D eigenvalue weighted by Gasteiger charge is -2.10. The first-order chi connectivity index (χ1) is 9.49. The zero-order valence-electron chi connectivity index (χ0n) is 11.4. The number of rotatable bonds is 3. The van der Waals surface area contributed by atoms with Gasteiger partial charge in [0.15, 0.2) is 0 Å². The molecular formula is C15H16ClN3O. The summed E-state index contributed by atoms with van der Waals surface area (Å²) in [5, 5.41) is 3.42. The number of hydrogen-bond acceptors (Lipinski definition) is 3. The summed E-state index contributed by atoms with van der Waals surface area (Å²) < 4.78 is 0. The zero-order valence-corrected chi connectivity index (χ0v) is 12.2. The van der Waals surface area contributed by atoms with Crippen molar-refractivity contribution in [2.75, 3.05) is 11.1 Å². The minimum Gasteiger partial charge on any atom is -0.384 e. The van der Waals surface area contributed by atoms with Gasteiger partial charge in [-0.25, -0.2) is 4.98 Å². The second kappa shape index (κ2) is 5.92. The number of nitrogens with two attached hydrogens (primary N) is 1. The number of carbonyl (C=O) groups is 1. The third-order valence-corrected chi connectivity index (χ3v) is 3.21. The van der Waals surface area contributed by atoms with Gasteiger partial charge in [-0.05, 0) is 43.2 Å². The van der Waals surface area contributed by atoms with Crippen LogP contribution in [0, 0.1) is 6.92 Å². The molecule has 0 fully saturated rings. The van der Waals surface area contributed by atoms with Crippen LogP contribution in [0.3, 0.4) is 0 Å². The van der Waals surface area contributed by atoms with Crippen LogP contribution in [0.1, 0.15) is 28.5 Å². The highest BCUT2D eigenvalue weighted by molar-refractivity contribution is 6.31. The summed E-state index contributed by atoms with van der Waals surface area (Å²) in [6, 6.07) is 8.67. The van der Waals surface area contributed by atoms with Gasteiger partial charge in [0.25, 0.3) is 5.91 Å². The van der Waals surface area contributed by atoms with Crippen LogP contribution >= 0.6 is 11.6 Å². The Kier molecular flexibility index (Phi) is 4.25. The highest BCUT2D eigenvalue weighted by atomic mass is 35.5. The number of benzene rings is 1. The van der Waals surface area contributed by atoms with Crippen molar-refractivity contribution in [2.24, 2.45) is 0 Å². The molecule has 0 aliphatic carbocycles. The predicted molar refractivity (Wildman–Crippen MR) is 82.2 cm³/mol. The van der Waals surface area contributed by atoms with Gasteiger partial charge >= 0.3 is 0 Å². The Balaban J connectivity index is 2.28. The molecule has 0 bridgehead atoms. The first kappa shape index (κ1) is 14.3. The summed E-state index contributed by atoms with van der Waals surface area (Å²) in [7, 11) is 0. The monoisotopic (exact) mass is 289 g/mol. The molecular weight excluding hydrogens is 274 g/mol. The maximum absolute atomic E-state index is 12.3. The third-order valence-electron chi connectivity index (χ3n) is 2.97. The number of halogens is 1. The molecule has 2 aromatic rings. The Hall–Kier alpha value is -2.07. The van der Waals surface area contributed by atoms with E-state index in [-0.39, 0.29) is 5.91 Å². The molecule has 0 saturated heterocycles. The fourth-order valence-corrected chi connectivity index (χ4v) is 2.02. The van der Waals surface area contributed by atoms with E-state index in [1.165, 1.54) is 0 Å². The van der Waals surface area contributed by atoms with Gasteiger partial charge in [0.2, 0.25) is 0 Å². The predicted octanol–water partition coefficient (Wildman–Crippen LogP) is 3.44. The van der Waals surface area contributed by atoms with E-state index in [0.29, 0.717) is 22.1 Å². The van der Waals surface area contributed by atoms with Crippen molar-refractivity contribution in [3.05, 3.63) is 52.2 Å². The Morgan fingerprint density at radius 2 is 2.10 bits per heavy atom. The fourth-order valence-electron chi connectivity index (χ4n) is 1.85. The Morgan fingerprint density at radius 1 is 1.35 bits per heavy atom. The lowest BCUT2D eigenvalue weighted by Crippen LogP contribution is -2.14. The second-order valence-corrected chi connectivity index (χ2v) is 4.98. The van der Waals surface area contributed by atoms with E-state index in [4.69, 9.17) is 17.3 Å². The highest BCUT2D eigenvalue weighted by Crippen LogP contribution is 2.21. The highest BCUT2D eigenvalue weighted by Gasteiger charge is 2.10. The van der Waals surface area contributed by atoms with E-state index in [1.54, 1.807) is 24.3 Å². The van der Waals surface area contributed by atoms with E-state index in [1.807, 2.05) is 19.9 Å². The molecule has 0 atom stereocenters. The first-order valence-corrected chi connectivity index (χ1v) is 6.71. The van der Waals surface area contributed by atoms with Gasteiger partial charge in [-0.15, -0.1) is 0 Å². The second-order valence-electron chi connectivity index (χ2n) is 4.54. The normalized spacial score (nSPS) is 10.3. The van der Waals surface area contributed by atoms with Crippen molar-refractivity contribution in [3.63, 3.8) is 0 Å². The Bertz CT molecular complexity index is 656. The molecule has 5 heteroatoms. The van der Waals surface area contributed by atoms with Gasteiger partial charge in [0.1, 0.15) is 5.82 Å². The molecule has 4 nitrogen and oxygen atoms in total. The minimum absolute atomic E-state index is 0.223. The van der Waals surface area contributed by atoms with Crippen LogP contribution in [-0.4, -0.2) is 10.9 Å². The van der Waals surface area contributed by atoms with Gasteiger partial charge in [0.05, 0.1) is 0 Å². The van der Waals surface area contributed by atoms with Crippen LogP contribution in [0.25, 0.3) is 0 Å². The Morgan fingerprint density at radius 3 is 2.80 bits per heavy atom. The summed E-state index contributed by atoms with van der Waals surface area (Å²) in [4.78, 5) is 16.4. The quantitative estimate of drug-likeness (QED) is 0.909. The molecule has 0 radical (unpaired) electrons. The maximum Gasteiger partial charge on any atom is 0.255 e. The summed E-state index contributed by atoms with van der Waals surface area (Å²) >= 11 is 5.94. The largest absolute Gasteiger partial charge is 0.384 e. The summed E-state index contributed by atoms with van der Waals surface area (Å²) in [6.07, 6.45) is 0.724. The number of aromatic nitrogens is 1. The number of hydrogen-bond donors (Lipinski definition) is 2. The molecule has 0 spiro atoms. The number of nitrogens with one attached hydrogen (secondary N) is 1. The molecule has 0 unspecified atom stereocenters. The number of amides is 1. The van der Waals surface area contributed by atoms with Gasteiger partial charge in [-0.2, -0.15) is 0 Å². The average Bonchev–Trinajstić information content (AvgIpc) is 2.42. The molecule has 0 aliphatic rings. The smallest absolute Gasteiger partial charge is 0.255 e. The number of aryl methyl sites for hydroxylation is 2. The van der Waals surface area contributed by atoms with E-state index < -0.39 is 0 Å². The van der Waals surface area contributed by atoms with E-state index in [2.05, 4.69) is 10.3 Å². The molecule has 1 amide bonds. The molecule has 1 aromatic heterocycles. The topological polar surface area (TPSA) is 68.0 Å². The molecule has 3 N–H and O–H groups in total. The number of anilines is 2. The number of pyridine rings is 1. The van der Waals surface area contributed by atoms with Gasteiger partial charge in [-0.1, -0.05) is 24.6 Å². The van der Waals surface area contributed by atoms with Crippen LogP contribution in [0.2, 0.25) is 5.02 Å². The lowest BCUT2D eigenvalue weighted by atomic mass is 10.1. The summed E-state index contributed by atoms with van der Waals surface area (Å²) in [5.74, 6) is 0.122. The van der Waals surface area contributed by atoms with Gasteiger partial charge < -0.3 is 11.1 Å². The minimum atomic E-state index is -0.223. The van der Waals surface area contributed by atoms with Crippen molar-refractivity contribution in [1.29, 1.82) is 0 Å². The molecule has 104 valence electrons. The van der Waals surface area contributed by atoms with Crippen LogP contribution in [0.5, 0.6) is 0 Å². The van der Waals surface area contributed by atoms with Crippen LogP contribution in [0.4, 0.5) is 11.5 Å². The summed E-state index contributed by atoms with van der Waals surface area (Å²) in [6.45, 7) is 3.87. The standard InChI is InChI=1S/C15H16ClN3O/c1-3-12-6-10(7-14(17)18-12)15(20)19-13-8-11(16)5-4-9(13)2/h4-8H,3H2,1-2H3,(H2,17,18)(H,19,20). The van der Waals surface area contributed by atoms with Crippen LogP contribution in [0.15, 0.2) is 30.3 Å². The molecule has 1 heterocycles. The fraction of sp³-hybridized carbons (Fsp3) is 0.200. The number of nitrogens with zero attached hydrogens (tertiary/aromatic N) is 1. The van der Waals surface area contributed by atoms with Gasteiger partial charge in [0, 0.05) is 22.0 Å². The van der Waals surface area contributed by atoms with Crippen molar-refractivity contribution in [1.82, 2.24) is 4.98 Å². The average molecular weight is 290 g/mol. The van der Waals surface area contributed by atoms with Crippen LogP contribution in [-0.2, 0) is 6.42 Å².